The average molecular weight is 658 g/mol. The molecule has 0 N–H and O–H groups in total. The van der Waals surface area contributed by atoms with Crippen LogP contribution in [0.3, 0.4) is 0 Å². The Bertz CT molecular complexity index is 2410. The molecule has 0 unspecified atom stereocenters. The second-order valence-corrected chi connectivity index (χ2v) is 13.4. The lowest BCUT2D eigenvalue weighted by molar-refractivity contribution is 0.703. The molecule has 1 aliphatic rings. The second kappa shape index (κ2) is 12.7. The molecule has 1 aromatic heterocycles. The summed E-state index contributed by atoms with van der Waals surface area (Å²) >= 11 is 1.80. The lowest BCUT2D eigenvalue weighted by Gasteiger charge is -2.42. The molecule has 236 valence electrons. The Kier molecular flexibility index (Phi) is 7.64. The summed E-state index contributed by atoms with van der Waals surface area (Å²) in [5.74, 6) is 1.93. The van der Waals surface area contributed by atoms with E-state index in [0.717, 1.165) is 32.7 Å². The molecule has 0 aliphatic carbocycles. The largest absolute Gasteiger partial charge is 0.208 e. The molecular formula is C46H31N3S. The van der Waals surface area contributed by atoms with Crippen molar-refractivity contribution in [2.75, 3.05) is 0 Å². The minimum Gasteiger partial charge on any atom is -0.208 e. The summed E-state index contributed by atoms with van der Waals surface area (Å²) in [5.41, 5.74) is 9.45. The zero-order valence-corrected chi connectivity index (χ0v) is 28.0. The first-order valence-corrected chi connectivity index (χ1v) is 17.6. The Balaban J connectivity index is 1.33. The summed E-state index contributed by atoms with van der Waals surface area (Å²) in [6.45, 7) is 0. The van der Waals surface area contributed by atoms with Gasteiger partial charge in [-0.2, -0.15) is 0 Å². The summed E-state index contributed by atoms with van der Waals surface area (Å²) in [6, 6.07) is 66.2. The van der Waals surface area contributed by atoms with Crippen molar-refractivity contribution in [2.24, 2.45) is 0 Å². The van der Waals surface area contributed by atoms with Gasteiger partial charge in [0.1, 0.15) is 0 Å². The molecule has 9 rings (SSSR count). The van der Waals surface area contributed by atoms with Crippen molar-refractivity contribution in [3.8, 4) is 45.3 Å². The minimum absolute atomic E-state index is 0.548. The molecule has 50 heavy (non-hydrogen) atoms. The van der Waals surface area contributed by atoms with Crippen molar-refractivity contribution in [3.63, 3.8) is 0 Å². The van der Waals surface area contributed by atoms with E-state index in [2.05, 4.69) is 164 Å². The summed E-state index contributed by atoms with van der Waals surface area (Å²) in [6.07, 6.45) is 0. The average Bonchev–Trinajstić information content (AvgIpc) is 3.21. The zero-order chi connectivity index (χ0) is 33.3. The fraction of sp³-hybridized carbons (Fsp3) is 0.0217. The number of hydrogen-bond donors (Lipinski definition) is 0. The van der Waals surface area contributed by atoms with Crippen molar-refractivity contribution in [1.82, 2.24) is 15.0 Å². The van der Waals surface area contributed by atoms with Gasteiger partial charge in [-0.05, 0) is 39.4 Å². The molecule has 8 aromatic rings. The number of aromatic nitrogens is 3. The lowest BCUT2D eigenvalue weighted by Crippen LogP contribution is -2.34. The van der Waals surface area contributed by atoms with Gasteiger partial charge in [0.05, 0.1) is 5.41 Å². The summed E-state index contributed by atoms with van der Waals surface area (Å²) in [4.78, 5) is 18.0. The molecular weight excluding hydrogens is 627 g/mol. The van der Waals surface area contributed by atoms with Gasteiger partial charge < -0.3 is 0 Å². The number of fused-ring (bicyclic) bond motifs is 2. The van der Waals surface area contributed by atoms with Gasteiger partial charge >= 0.3 is 0 Å². The van der Waals surface area contributed by atoms with Crippen LogP contribution < -0.4 is 0 Å². The summed E-state index contributed by atoms with van der Waals surface area (Å²) in [5, 5.41) is 0. The Morgan fingerprint density at radius 2 is 0.800 bits per heavy atom. The molecule has 7 aromatic carbocycles. The minimum atomic E-state index is -0.548. The molecule has 2 heterocycles. The van der Waals surface area contributed by atoms with Gasteiger partial charge in [-0.1, -0.05) is 194 Å². The Morgan fingerprint density at radius 3 is 1.46 bits per heavy atom. The maximum atomic E-state index is 5.31. The highest BCUT2D eigenvalue weighted by atomic mass is 32.2. The zero-order valence-electron chi connectivity index (χ0n) is 27.1. The first-order chi connectivity index (χ1) is 24.8. The van der Waals surface area contributed by atoms with Crippen molar-refractivity contribution in [2.45, 2.75) is 15.2 Å². The van der Waals surface area contributed by atoms with Gasteiger partial charge in [-0.3, -0.25) is 0 Å². The molecule has 0 fully saturated rings. The Morgan fingerprint density at radius 1 is 0.340 bits per heavy atom. The first-order valence-electron chi connectivity index (χ1n) is 16.8. The molecule has 0 saturated heterocycles. The predicted octanol–water partition coefficient (Wildman–Crippen LogP) is 11.4. The van der Waals surface area contributed by atoms with E-state index in [-0.39, 0.29) is 0 Å². The molecule has 0 atom stereocenters. The predicted molar refractivity (Wildman–Crippen MR) is 204 cm³/mol. The van der Waals surface area contributed by atoms with Gasteiger partial charge in [0.2, 0.25) is 0 Å². The molecule has 4 heteroatoms. The van der Waals surface area contributed by atoms with Crippen molar-refractivity contribution < 1.29 is 0 Å². The fourth-order valence-electron chi connectivity index (χ4n) is 7.28. The molecule has 1 aliphatic heterocycles. The smallest absolute Gasteiger partial charge is 0.165 e. The number of nitrogens with zero attached hydrogens (tertiary/aromatic N) is 3. The van der Waals surface area contributed by atoms with Crippen LogP contribution in [0.1, 0.15) is 22.3 Å². The summed E-state index contributed by atoms with van der Waals surface area (Å²) < 4.78 is 0. The molecule has 0 saturated carbocycles. The first kappa shape index (κ1) is 30.0. The molecule has 0 bridgehead atoms. The lowest BCUT2D eigenvalue weighted by atomic mass is 9.64. The third-order valence-electron chi connectivity index (χ3n) is 9.50. The van der Waals surface area contributed by atoms with Crippen LogP contribution in [0.5, 0.6) is 0 Å². The van der Waals surface area contributed by atoms with Crippen molar-refractivity contribution >= 4 is 11.8 Å². The highest BCUT2D eigenvalue weighted by Gasteiger charge is 2.45. The molecule has 3 nitrogen and oxygen atoms in total. The highest BCUT2D eigenvalue weighted by Crippen LogP contribution is 2.57. The van der Waals surface area contributed by atoms with Crippen LogP contribution in [-0.2, 0) is 5.41 Å². The van der Waals surface area contributed by atoms with Crippen LogP contribution in [0.15, 0.2) is 198 Å². The molecule has 0 amide bonds. The molecule has 0 spiro atoms. The second-order valence-electron chi connectivity index (χ2n) is 12.3. The van der Waals surface area contributed by atoms with Crippen molar-refractivity contribution in [3.05, 3.63) is 210 Å². The van der Waals surface area contributed by atoms with Crippen LogP contribution in [-0.4, -0.2) is 15.0 Å². The van der Waals surface area contributed by atoms with E-state index in [1.807, 2.05) is 24.3 Å². The van der Waals surface area contributed by atoms with Crippen LogP contribution in [0.2, 0.25) is 0 Å². The molecule has 0 radical (unpaired) electrons. The van der Waals surface area contributed by atoms with Crippen molar-refractivity contribution in [1.29, 1.82) is 0 Å². The fourth-order valence-corrected chi connectivity index (χ4v) is 8.58. The highest BCUT2D eigenvalue weighted by molar-refractivity contribution is 7.99. The van der Waals surface area contributed by atoms with Crippen LogP contribution in [0.4, 0.5) is 0 Å². The maximum absolute atomic E-state index is 5.31. The van der Waals surface area contributed by atoms with Gasteiger partial charge in [-0.25, -0.2) is 15.0 Å². The Labute approximate surface area is 296 Å². The van der Waals surface area contributed by atoms with E-state index < -0.39 is 5.41 Å². The topological polar surface area (TPSA) is 38.7 Å². The van der Waals surface area contributed by atoms with Crippen LogP contribution >= 0.6 is 11.8 Å². The number of benzene rings is 7. The van der Waals surface area contributed by atoms with Gasteiger partial charge in [0.15, 0.2) is 17.5 Å². The van der Waals surface area contributed by atoms with E-state index in [1.54, 1.807) is 11.8 Å². The van der Waals surface area contributed by atoms with Crippen LogP contribution in [0, 0.1) is 0 Å². The third-order valence-corrected chi connectivity index (χ3v) is 10.7. The monoisotopic (exact) mass is 657 g/mol. The van der Waals surface area contributed by atoms with Gasteiger partial charge in [-0.15, -0.1) is 0 Å². The van der Waals surface area contributed by atoms with Crippen LogP contribution in [0.25, 0.3) is 45.3 Å². The van der Waals surface area contributed by atoms with E-state index >= 15 is 0 Å². The van der Waals surface area contributed by atoms with Gasteiger partial charge in [0.25, 0.3) is 0 Å². The third kappa shape index (κ3) is 5.04. The van der Waals surface area contributed by atoms with E-state index in [4.69, 9.17) is 15.0 Å². The normalized spacial score (nSPS) is 12.9. The number of hydrogen-bond acceptors (Lipinski definition) is 4. The number of rotatable bonds is 6. The summed E-state index contributed by atoms with van der Waals surface area (Å²) in [7, 11) is 0. The maximum Gasteiger partial charge on any atom is 0.165 e. The Hall–Kier alpha value is -6.10. The SMILES string of the molecule is c1ccc(-c2nc(-c3ccccc3-c3ccccc3)nc(-c3cccc4c3Sc3ccccc3C4(c3ccccc3)c3ccccc3)n2)cc1. The standard InChI is InChI=1S/C46H31N3S/c1-5-18-32(19-6-1)36-26-13-14-27-37(36)44-47-43(33-20-7-2-8-21-33)48-45(49-44)38-28-17-30-40-42(38)50-41-31-16-15-29-39(41)46(40,34-22-9-3-10-23-34)35-24-11-4-12-25-35/h1-31H. The van der Waals surface area contributed by atoms with E-state index in [9.17, 15) is 0 Å². The van der Waals surface area contributed by atoms with Gasteiger partial charge in [0, 0.05) is 26.5 Å². The quantitative estimate of drug-likeness (QED) is 0.178. The van der Waals surface area contributed by atoms with E-state index in [0.29, 0.717) is 17.5 Å². The van der Waals surface area contributed by atoms with E-state index in [1.165, 1.54) is 27.1 Å².